The molecule has 0 aliphatic carbocycles. The molecule has 0 bridgehead atoms. The first kappa shape index (κ1) is 23.3. The molecule has 4 nitrogen and oxygen atoms in total. The molecule has 3 N–H and O–H groups in total. The van der Waals surface area contributed by atoms with Gasteiger partial charge in [0.05, 0.1) is 11.4 Å². The van der Waals surface area contributed by atoms with E-state index in [1.165, 1.54) is 22.3 Å². The highest BCUT2D eigenvalue weighted by atomic mass is 16.3. The minimum absolute atomic E-state index is 0.213. The maximum absolute atomic E-state index is 9.41. The molecular formula is C29H37N3O. The van der Waals surface area contributed by atoms with Gasteiger partial charge in [-0.3, -0.25) is 0 Å². The van der Waals surface area contributed by atoms with E-state index in [2.05, 4.69) is 109 Å². The van der Waals surface area contributed by atoms with E-state index in [0.29, 0.717) is 5.92 Å². The molecule has 4 rings (SSSR count). The summed E-state index contributed by atoms with van der Waals surface area (Å²) in [5.74, 6) is 0.425. The summed E-state index contributed by atoms with van der Waals surface area (Å²) in [4.78, 5) is 2.44. The Morgan fingerprint density at radius 3 is 2.03 bits per heavy atom. The summed E-state index contributed by atoms with van der Waals surface area (Å²) in [6.07, 6.45) is 0.961. The van der Waals surface area contributed by atoms with E-state index in [9.17, 15) is 5.11 Å². The fraction of sp³-hybridized carbons (Fsp3) is 0.379. The summed E-state index contributed by atoms with van der Waals surface area (Å²) in [6, 6.07) is 26.6. The molecule has 1 heterocycles. The normalized spacial score (nSPS) is 16.1. The molecule has 0 spiro atoms. The highest BCUT2D eigenvalue weighted by Crippen LogP contribution is 2.28. The number of anilines is 2. The topological polar surface area (TPSA) is 47.5 Å². The number of nitrogens with zero attached hydrogens (tertiary/aromatic N) is 1. The fourth-order valence-electron chi connectivity index (χ4n) is 4.55. The van der Waals surface area contributed by atoms with Crippen molar-refractivity contribution in [3.05, 3.63) is 95.1 Å². The van der Waals surface area contributed by atoms with E-state index in [1.54, 1.807) is 0 Å². The quantitative estimate of drug-likeness (QED) is 0.391. The van der Waals surface area contributed by atoms with E-state index in [-0.39, 0.29) is 18.7 Å². The molecule has 0 saturated carbocycles. The highest BCUT2D eigenvalue weighted by molar-refractivity contribution is 5.69. The van der Waals surface area contributed by atoms with Crippen LogP contribution in [0, 0.1) is 19.8 Å². The van der Waals surface area contributed by atoms with Crippen molar-refractivity contribution in [2.75, 3.05) is 36.9 Å². The Hall–Kier alpha value is -2.82. The maximum atomic E-state index is 9.41. The summed E-state index contributed by atoms with van der Waals surface area (Å²) >= 11 is 0. The first-order valence-electron chi connectivity index (χ1n) is 12.1. The molecule has 3 aromatic rings. The first-order chi connectivity index (χ1) is 16.0. The summed E-state index contributed by atoms with van der Waals surface area (Å²) in [5.41, 5.74) is 7.44. The molecule has 3 aromatic carbocycles. The Labute approximate surface area is 198 Å². The third-order valence-electron chi connectivity index (χ3n) is 6.61. The second-order valence-corrected chi connectivity index (χ2v) is 9.62. The number of hydrogen-bond acceptors (Lipinski definition) is 4. The molecule has 2 atom stereocenters. The van der Waals surface area contributed by atoms with Gasteiger partial charge in [-0.05, 0) is 50.5 Å². The summed E-state index contributed by atoms with van der Waals surface area (Å²) < 4.78 is 0. The molecule has 0 aromatic heterocycles. The van der Waals surface area contributed by atoms with Crippen molar-refractivity contribution in [3.63, 3.8) is 0 Å². The monoisotopic (exact) mass is 443 g/mol. The van der Waals surface area contributed by atoms with Crippen molar-refractivity contribution < 1.29 is 5.11 Å². The Morgan fingerprint density at radius 2 is 1.42 bits per heavy atom. The van der Waals surface area contributed by atoms with Crippen LogP contribution < -0.4 is 10.6 Å². The van der Waals surface area contributed by atoms with Crippen molar-refractivity contribution in [3.8, 4) is 0 Å². The van der Waals surface area contributed by atoms with Gasteiger partial charge in [0.1, 0.15) is 0 Å². The number of aliphatic hydroxyl groups excluding tert-OH is 1. The third kappa shape index (κ3) is 6.37. The van der Waals surface area contributed by atoms with Gasteiger partial charge in [0.2, 0.25) is 0 Å². The van der Waals surface area contributed by atoms with Crippen LogP contribution >= 0.6 is 0 Å². The minimum atomic E-state index is 0.213. The lowest BCUT2D eigenvalue weighted by Gasteiger charge is -2.40. The van der Waals surface area contributed by atoms with Gasteiger partial charge in [-0.15, -0.1) is 0 Å². The van der Waals surface area contributed by atoms with Crippen molar-refractivity contribution in [1.29, 1.82) is 0 Å². The number of benzene rings is 3. The van der Waals surface area contributed by atoms with Gasteiger partial charge in [0, 0.05) is 44.2 Å². The van der Waals surface area contributed by atoms with E-state index in [4.69, 9.17) is 0 Å². The van der Waals surface area contributed by atoms with E-state index >= 15 is 0 Å². The zero-order valence-electron chi connectivity index (χ0n) is 20.1. The largest absolute Gasteiger partial charge is 0.396 e. The summed E-state index contributed by atoms with van der Waals surface area (Å²) in [5, 5.41) is 17.0. The third-order valence-corrected chi connectivity index (χ3v) is 6.61. The molecule has 1 unspecified atom stereocenters. The molecular weight excluding hydrogens is 406 g/mol. The number of hydrogen-bond donors (Lipinski definition) is 3. The van der Waals surface area contributed by atoms with Crippen LogP contribution in [0.3, 0.4) is 0 Å². The number of nitrogens with one attached hydrogen (secondary N) is 2. The fourth-order valence-corrected chi connectivity index (χ4v) is 4.55. The van der Waals surface area contributed by atoms with Crippen molar-refractivity contribution >= 4 is 11.4 Å². The van der Waals surface area contributed by atoms with Crippen LogP contribution in [0.5, 0.6) is 0 Å². The van der Waals surface area contributed by atoms with Gasteiger partial charge in [0.15, 0.2) is 0 Å². The molecule has 1 aliphatic rings. The molecule has 1 saturated heterocycles. The summed E-state index contributed by atoms with van der Waals surface area (Å²) in [6.45, 7) is 9.67. The van der Waals surface area contributed by atoms with Crippen LogP contribution in [0.4, 0.5) is 11.4 Å². The smallest absolute Gasteiger partial charge is 0.0580 e. The highest BCUT2D eigenvalue weighted by Gasteiger charge is 2.28. The Balaban J connectivity index is 1.48. The van der Waals surface area contributed by atoms with Gasteiger partial charge >= 0.3 is 0 Å². The standard InChI is InChI=1S/C29H37N3O/c1-21-8-12-24(13-9-21)16-27(19-32-17-25(18-32)20-33)31-29-7-5-4-6-28(29)30-23(3)26-14-10-22(2)11-15-26/h4-15,23,25,27,30-31,33H,16-20H2,1-3H3/t23?,27-/m0/s1. The van der Waals surface area contributed by atoms with E-state index in [1.807, 2.05) is 0 Å². The second kappa shape index (κ2) is 10.9. The maximum Gasteiger partial charge on any atom is 0.0580 e. The number of aryl methyl sites for hydroxylation is 2. The molecule has 0 amide bonds. The van der Waals surface area contributed by atoms with Crippen molar-refractivity contribution in [2.45, 2.75) is 39.3 Å². The molecule has 1 fully saturated rings. The van der Waals surface area contributed by atoms with Crippen LogP contribution in [-0.4, -0.2) is 42.3 Å². The summed E-state index contributed by atoms with van der Waals surface area (Å²) in [7, 11) is 0. The average molecular weight is 444 g/mol. The van der Waals surface area contributed by atoms with Gasteiger partial charge in [0.25, 0.3) is 0 Å². The van der Waals surface area contributed by atoms with Gasteiger partial charge in [-0.2, -0.15) is 0 Å². The lowest BCUT2D eigenvalue weighted by molar-refractivity contribution is 0.0510. The van der Waals surface area contributed by atoms with Crippen LogP contribution in [-0.2, 0) is 6.42 Å². The molecule has 174 valence electrons. The van der Waals surface area contributed by atoms with E-state index in [0.717, 1.165) is 37.4 Å². The Kier molecular flexibility index (Phi) is 7.69. The van der Waals surface area contributed by atoms with Crippen molar-refractivity contribution in [2.24, 2.45) is 5.92 Å². The van der Waals surface area contributed by atoms with Gasteiger partial charge < -0.3 is 20.6 Å². The second-order valence-electron chi connectivity index (χ2n) is 9.62. The SMILES string of the molecule is Cc1ccc(C[C@@H](CN2CC(CO)C2)Nc2ccccc2NC(C)c2ccc(C)cc2)cc1. The predicted molar refractivity (Wildman–Crippen MR) is 139 cm³/mol. The molecule has 33 heavy (non-hydrogen) atoms. The van der Waals surface area contributed by atoms with Gasteiger partial charge in [-0.1, -0.05) is 71.8 Å². The van der Waals surface area contributed by atoms with E-state index < -0.39 is 0 Å². The first-order valence-corrected chi connectivity index (χ1v) is 12.1. The zero-order chi connectivity index (χ0) is 23.2. The lowest BCUT2D eigenvalue weighted by atomic mass is 9.98. The average Bonchev–Trinajstić information content (AvgIpc) is 2.79. The number of rotatable bonds is 10. The molecule has 4 heteroatoms. The number of aliphatic hydroxyl groups is 1. The zero-order valence-corrected chi connectivity index (χ0v) is 20.1. The van der Waals surface area contributed by atoms with Crippen LogP contribution in [0.2, 0.25) is 0 Å². The Morgan fingerprint density at radius 1 is 0.848 bits per heavy atom. The number of likely N-dealkylation sites (tertiary alicyclic amines) is 1. The Bertz CT molecular complexity index is 1010. The van der Waals surface area contributed by atoms with Crippen molar-refractivity contribution in [1.82, 2.24) is 4.90 Å². The van der Waals surface area contributed by atoms with Crippen LogP contribution in [0.15, 0.2) is 72.8 Å². The van der Waals surface area contributed by atoms with Gasteiger partial charge in [-0.25, -0.2) is 0 Å². The predicted octanol–water partition coefficient (Wildman–Crippen LogP) is 5.42. The molecule has 1 aliphatic heterocycles. The number of para-hydroxylation sites is 2. The van der Waals surface area contributed by atoms with Crippen LogP contribution in [0.1, 0.15) is 35.2 Å². The lowest BCUT2D eigenvalue weighted by Crippen LogP contribution is -2.52. The molecule has 0 radical (unpaired) electrons. The minimum Gasteiger partial charge on any atom is -0.396 e. The van der Waals surface area contributed by atoms with Crippen LogP contribution in [0.25, 0.3) is 0 Å².